The van der Waals surface area contributed by atoms with E-state index in [1.54, 1.807) is 11.9 Å². The number of likely N-dealkylation sites (N-methyl/N-ethyl adjacent to an activating group) is 1. The SMILES string of the molecule is Cc1cc(NC(=O)C2CC2)sc1C(=O)N(C)CC1(O)CCCC1. The molecule has 2 fully saturated rings. The Morgan fingerprint density at radius 1 is 1.39 bits per heavy atom. The molecule has 0 aliphatic heterocycles. The summed E-state index contributed by atoms with van der Waals surface area (Å²) in [5.74, 6) is 0.120. The van der Waals surface area contributed by atoms with E-state index in [-0.39, 0.29) is 17.7 Å². The zero-order valence-corrected chi connectivity index (χ0v) is 14.5. The van der Waals surface area contributed by atoms with Crippen molar-refractivity contribution in [3.63, 3.8) is 0 Å². The molecule has 0 saturated heterocycles. The van der Waals surface area contributed by atoms with E-state index in [4.69, 9.17) is 0 Å². The Labute approximate surface area is 140 Å². The molecule has 0 spiro atoms. The van der Waals surface area contributed by atoms with E-state index in [1.165, 1.54) is 11.3 Å². The van der Waals surface area contributed by atoms with E-state index >= 15 is 0 Å². The molecule has 0 aromatic carbocycles. The predicted molar refractivity (Wildman–Crippen MR) is 90.8 cm³/mol. The van der Waals surface area contributed by atoms with Crippen molar-refractivity contribution < 1.29 is 14.7 Å². The molecule has 1 aromatic heterocycles. The maximum Gasteiger partial charge on any atom is 0.264 e. The fraction of sp³-hybridized carbons (Fsp3) is 0.647. The topological polar surface area (TPSA) is 69.6 Å². The number of aliphatic hydroxyl groups is 1. The first-order valence-corrected chi connectivity index (χ1v) is 9.09. The van der Waals surface area contributed by atoms with E-state index in [2.05, 4.69) is 5.32 Å². The van der Waals surface area contributed by atoms with Crippen molar-refractivity contribution in [2.75, 3.05) is 18.9 Å². The van der Waals surface area contributed by atoms with Crippen LogP contribution in [-0.4, -0.2) is 41.0 Å². The predicted octanol–water partition coefficient (Wildman–Crippen LogP) is 2.78. The van der Waals surface area contributed by atoms with E-state index in [9.17, 15) is 14.7 Å². The minimum atomic E-state index is -0.738. The lowest BCUT2D eigenvalue weighted by molar-refractivity contribution is -0.117. The summed E-state index contributed by atoms with van der Waals surface area (Å²) in [6.45, 7) is 2.25. The molecule has 1 aromatic rings. The third-order valence-corrected chi connectivity index (χ3v) is 5.86. The number of hydrogen-bond acceptors (Lipinski definition) is 4. The van der Waals surface area contributed by atoms with Gasteiger partial charge in [-0.1, -0.05) is 12.8 Å². The van der Waals surface area contributed by atoms with Crippen molar-refractivity contribution >= 4 is 28.2 Å². The third kappa shape index (κ3) is 3.75. The largest absolute Gasteiger partial charge is 0.388 e. The van der Waals surface area contributed by atoms with Crippen LogP contribution in [0.1, 0.15) is 53.8 Å². The number of carbonyl (C=O) groups is 2. The minimum Gasteiger partial charge on any atom is -0.388 e. The molecule has 0 radical (unpaired) electrons. The lowest BCUT2D eigenvalue weighted by Gasteiger charge is -2.28. The van der Waals surface area contributed by atoms with Crippen molar-refractivity contribution in [1.82, 2.24) is 4.90 Å². The molecule has 5 nitrogen and oxygen atoms in total. The zero-order chi connectivity index (χ0) is 16.6. The number of rotatable bonds is 5. The summed E-state index contributed by atoms with van der Waals surface area (Å²) in [6.07, 6.45) is 5.49. The minimum absolute atomic E-state index is 0.0545. The van der Waals surface area contributed by atoms with Gasteiger partial charge in [0.1, 0.15) is 0 Å². The maximum atomic E-state index is 12.7. The normalized spacial score (nSPS) is 19.6. The lowest BCUT2D eigenvalue weighted by atomic mass is 10.0. The Morgan fingerprint density at radius 3 is 2.65 bits per heavy atom. The van der Waals surface area contributed by atoms with Gasteiger partial charge in [0.15, 0.2) is 0 Å². The number of amides is 2. The van der Waals surface area contributed by atoms with Crippen LogP contribution in [0.15, 0.2) is 6.07 Å². The van der Waals surface area contributed by atoms with Crippen molar-refractivity contribution in [3.8, 4) is 0 Å². The van der Waals surface area contributed by atoms with Gasteiger partial charge in [-0.3, -0.25) is 9.59 Å². The number of nitrogens with one attached hydrogen (secondary N) is 1. The second-order valence-corrected chi connectivity index (χ2v) is 8.03. The van der Waals surface area contributed by atoms with Gasteiger partial charge in [-0.05, 0) is 44.2 Å². The fourth-order valence-corrected chi connectivity index (χ4v) is 4.27. The first-order valence-electron chi connectivity index (χ1n) is 8.27. The summed E-state index contributed by atoms with van der Waals surface area (Å²) in [5, 5.41) is 14.1. The molecule has 0 unspecified atom stereocenters. The summed E-state index contributed by atoms with van der Waals surface area (Å²) in [7, 11) is 1.74. The molecule has 0 bridgehead atoms. The van der Waals surface area contributed by atoms with E-state index in [0.717, 1.165) is 49.1 Å². The number of aryl methyl sites for hydroxylation is 1. The van der Waals surface area contributed by atoms with Crippen LogP contribution in [0.4, 0.5) is 5.00 Å². The third-order valence-electron chi connectivity index (χ3n) is 4.72. The molecule has 2 N–H and O–H groups in total. The fourth-order valence-electron chi connectivity index (χ4n) is 3.20. The molecule has 2 aliphatic rings. The Hall–Kier alpha value is -1.40. The first-order chi connectivity index (χ1) is 10.9. The molecule has 3 rings (SSSR count). The van der Waals surface area contributed by atoms with E-state index < -0.39 is 5.60 Å². The number of hydrogen-bond donors (Lipinski definition) is 2. The molecule has 2 aliphatic carbocycles. The monoisotopic (exact) mass is 336 g/mol. The van der Waals surface area contributed by atoms with Gasteiger partial charge >= 0.3 is 0 Å². The summed E-state index contributed by atoms with van der Waals surface area (Å²) in [5.41, 5.74) is 0.134. The average Bonchev–Trinajstić information content (AvgIpc) is 3.17. The Kier molecular flexibility index (Phi) is 4.47. The average molecular weight is 336 g/mol. The van der Waals surface area contributed by atoms with Gasteiger partial charge in [0.2, 0.25) is 5.91 Å². The van der Waals surface area contributed by atoms with Gasteiger partial charge < -0.3 is 15.3 Å². The second-order valence-electron chi connectivity index (χ2n) is 6.98. The van der Waals surface area contributed by atoms with Crippen molar-refractivity contribution in [1.29, 1.82) is 0 Å². The number of anilines is 1. The van der Waals surface area contributed by atoms with Crippen LogP contribution in [0, 0.1) is 12.8 Å². The molecular weight excluding hydrogens is 312 g/mol. The molecule has 2 saturated carbocycles. The summed E-state index contributed by atoms with van der Waals surface area (Å²) >= 11 is 1.32. The van der Waals surface area contributed by atoms with Gasteiger partial charge in [-0.2, -0.15) is 0 Å². The Morgan fingerprint density at radius 2 is 2.04 bits per heavy atom. The van der Waals surface area contributed by atoms with Gasteiger partial charge in [-0.15, -0.1) is 11.3 Å². The van der Waals surface area contributed by atoms with Gasteiger partial charge in [0.05, 0.1) is 15.5 Å². The Bertz CT molecular complexity index is 615. The van der Waals surface area contributed by atoms with Crippen LogP contribution in [-0.2, 0) is 4.79 Å². The highest BCUT2D eigenvalue weighted by atomic mass is 32.1. The maximum absolute atomic E-state index is 12.7. The molecule has 2 amide bonds. The van der Waals surface area contributed by atoms with Gasteiger partial charge in [-0.25, -0.2) is 0 Å². The molecule has 0 atom stereocenters. The Balaban J connectivity index is 1.66. The van der Waals surface area contributed by atoms with Crippen LogP contribution in [0.2, 0.25) is 0 Å². The number of carbonyl (C=O) groups excluding carboxylic acids is 2. The first kappa shape index (κ1) is 16.5. The standard InChI is InChI=1S/C17H24N2O3S/c1-11-9-13(18-15(20)12-5-6-12)23-14(11)16(21)19(2)10-17(22)7-3-4-8-17/h9,12,22H,3-8,10H2,1-2H3,(H,18,20). The molecule has 6 heteroatoms. The molecular formula is C17H24N2O3S. The summed E-state index contributed by atoms with van der Waals surface area (Å²) < 4.78 is 0. The van der Waals surface area contributed by atoms with Crippen LogP contribution in [0.5, 0.6) is 0 Å². The highest BCUT2D eigenvalue weighted by molar-refractivity contribution is 7.18. The van der Waals surface area contributed by atoms with Crippen LogP contribution in [0.25, 0.3) is 0 Å². The number of thiophene rings is 1. The highest BCUT2D eigenvalue weighted by Crippen LogP contribution is 2.34. The van der Waals surface area contributed by atoms with Gasteiger partial charge in [0.25, 0.3) is 5.91 Å². The number of nitrogens with zero attached hydrogens (tertiary/aromatic N) is 1. The van der Waals surface area contributed by atoms with E-state index in [1.807, 2.05) is 13.0 Å². The van der Waals surface area contributed by atoms with Crippen LogP contribution >= 0.6 is 11.3 Å². The molecule has 126 valence electrons. The van der Waals surface area contributed by atoms with Crippen molar-refractivity contribution in [2.45, 2.75) is 51.0 Å². The van der Waals surface area contributed by atoms with Gasteiger partial charge in [0, 0.05) is 19.5 Å². The second kappa shape index (κ2) is 6.24. The lowest BCUT2D eigenvalue weighted by Crippen LogP contribution is -2.41. The van der Waals surface area contributed by atoms with Crippen LogP contribution in [0.3, 0.4) is 0 Å². The summed E-state index contributed by atoms with van der Waals surface area (Å²) in [4.78, 5) is 26.7. The van der Waals surface area contributed by atoms with Crippen LogP contribution < -0.4 is 5.32 Å². The summed E-state index contributed by atoms with van der Waals surface area (Å²) in [6, 6.07) is 1.86. The quantitative estimate of drug-likeness (QED) is 0.869. The van der Waals surface area contributed by atoms with E-state index in [0.29, 0.717) is 11.4 Å². The molecule has 23 heavy (non-hydrogen) atoms. The van der Waals surface area contributed by atoms with Crippen molar-refractivity contribution in [3.05, 3.63) is 16.5 Å². The van der Waals surface area contributed by atoms with Crippen molar-refractivity contribution in [2.24, 2.45) is 5.92 Å². The smallest absolute Gasteiger partial charge is 0.264 e. The molecule has 1 heterocycles. The zero-order valence-electron chi connectivity index (χ0n) is 13.7. The highest BCUT2D eigenvalue weighted by Gasteiger charge is 2.34.